The van der Waals surface area contributed by atoms with Gasteiger partial charge in [-0.1, -0.05) is 47.7 Å². The quantitative estimate of drug-likeness (QED) is 0.364. The average Bonchev–Trinajstić information content (AvgIpc) is 3.08. The zero-order valence-corrected chi connectivity index (χ0v) is 13.4. The number of rotatable bonds is 0. The minimum Gasteiger partial charge on any atom is -0.424 e. The van der Waals surface area contributed by atoms with Gasteiger partial charge in [0.25, 0.3) is 0 Å². The van der Waals surface area contributed by atoms with E-state index >= 15 is 0 Å². The molecular weight excluding hydrogens is 286 g/mol. The number of hydrogen-bond acceptors (Lipinski definition) is 0. The van der Waals surface area contributed by atoms with Gasteiger partial charge in [0.1, 0.15) is 0 Å². The first kappa shape index (κ1) is 13.6. The summed E-state index contributed by atoms with van der Waals surface area (Å²) in [5, 5.41) is 2.30. The van der Waals surface area contributed by atoms with Gasteiger partial charge in [0.15, 0.2) is 0 Å². The molecule has 2 aromatic heterocycles. The van der Waals surface area contributed by atoms with Crippen LogP contribution in [0.1, 0.15) is 0 Å². The third kappa shape index (κ3) is 3.13. The average molecular weight is 298 g/mol. The second-order valence-corrected chi connectivity index (χ2v) is 3.96. The van der Waals surface area contributed by atoms with E-state index in [1.54, 1.807) is 0 Å². The zero-order chi connectivity index (χ0) is 12.2. The molecule has 4 aromatic rings. The minimum atomic E-state index is 0. The molecule has 2 N–H and O–H groups in total. The summed E-state index contributed by atoms with van der Waals surface area (Å²) >= 11 is 0. The van der Waals surface area contributed by atoms with Crippen molar-refractivity contribution in [1.29, 1.82) is 0 Å². The minimum absolute atomic E-state index is 0. The van der Waals surface area contributed by atoms with Crippen molar-refractivity contribution in [1.82, 2.24) is 9.97 Å². The third-order valence-corrected chi connectivity index (χ3v) is 2.76. The molecule has 0 unspecified atom stereocenters. The summed E-state index contributed by atoms with van der Waals surface area (Å²) in [5.74, 6) is 0. The Bertz CT molecular complexity index is 629. The van der Waals surface area contributed by atoms with Gasteiger partial charge in [0.2, 0.25) is 0 Å². The fraction of sp³-hybridized carbons (Fsp3) is 0. The van der Waals surface area contributed by atoms with Crippen LogP contribution < -0.4 is 0 Å². The summed E-state index contributed by atoms with van der Waals surface area (Å²) in [6, 6.07) is 22.3. The predicted molar refractivity (Wildman–Crippen MR) is 74.3 cm³/mol. The largest absolute Gasteiger partial charge is 2.00 e. The number of hydrogen-bond donors (Lipinski definition) is 2. The monoisotopic (exact) mass is 296 g/mol. The number of nitrogens with one attached hydrogen (secondary N) is 2. The smallest absolute Gasteiger partial charge is 0.424 e. The number of aromatic nitrogens is 2. The maximum Gasteiger partial charge on any atom is 2.00 e. The van der Waals surface area contributed by atoms with E-state index in [1.165, 1.54) is 0 Å². The van der Waals surface area contributed by atoms with E-state index < -0.39 is 0 Å². The van der Waals surface area contributed by atoms with Crippen molar-refractivity contribution in [3.05, 3.63) is 73.1 Å². The molecule has 2 aromatic carbocycles. The molecular formula is C16H12N2Zn. The predicted octanol–water partition coefficient (Wildman–Crippen LogP) is 3.93. The summed E-state index contributed by atoms with van der Waals surface area (Å²) in [7, 11) is 0. The summed E-state index contributed by atoms with van der Waals surface area (Å²) in [6.45, 7) is 0. The molecule has 0 bridgehead atoms. The zero-order valence-electron chi connectivity index (χ0n) is 10.5. The van der Waals surface area contributed by atoms with Crippen LogP contribution in [0.15, 0.2) is 60.9 Å². The SMILES string of the molecule is [Zn+2].[c-]1c[nH]c2ccccc12.[c-]1c[nH]c2ccccc12. The number of para-hydroxylation sites is 2. The van der Waals surface area contributed by atoms with Crippen LogP contribution in [-0.4, -0.2) is 9.97 Å². The van der Waals surface area contributed by atoms with Crippen LogP contribution in [0.4, 0.5) is 0 Å². The Hall–Kier alpha value is -1.86. The van der Waals surface area contributed by atoms with Crippen LogP contribution in [0.25, 0.3) is 21.8 Å². The van der Waals surface area contributed by atoms with Gasteiger partial charge >= 0.3 is 19.5 Å². The summed E-state index contributed by atoms with van der Waals surface area (Å²) in [5.41, 5.74) is 2.30. The molecule has 0 amide bonds. The molecule has 0 fully saturated rings. The van der Waals surface area contributed by atoms with Crippen LogP contribution in [0, 0.1) is 12.1 Å². The van der Waals surface area contributed by atoms with E-state index in [-0.39, 0.29) is 19.5 Å². The summed E-state index contributed by atoms with van der Waals surface area (Å²) in [6.07, 6.45) is 3.65. The molecule has 0 radical (unpaired) electrons. The van der Waals surface area contributed by atoms with E-state index in [1.807, 2.05) is 60.9 Å². The first-order valence-corrected chi connectivity index (χ1v) is 5.81. The van der Waals surface area contributed by atoms with Crippen molar-refractivity contribution in [2.75, 3.05) is 0 Å². The second kappa shape index (κ2) is 6.35. The van der Waals surface area contributed by atoms with Crippen molar-refractivity contribution in [3.63, 3.8) is 0 Å². The Balaban J connectivity index is 0.000000133. The van der Waals surface area contributed by atoms with Crippen molar-refractivity contribution >= 4 is 21.8 Å². The van der Waals surface area contributed by atoms with Gasteiger partial charge in [-0.3, -0.25) is 0 Å². The van der Waals surface area contributed by atoms with Crippen LogP contribution >= 0.6 is 0 Å². The fourth-order valence-electron chi connectivity index (χ4n) is 1.85. The Labute approximate surface area is 124 Å². The van der Waals surface area contributed by atoms with E-state index in [0.29, 0.717) is 0 Å². The van der Waals surface area contributed by atoms with Crippen molar-refractivity contribution in [3.8, 4) is 0 Å². The van der Waals surface area contributed by atoms with Gasteiger partial charge in [-0.05, 0) is 0 Å². The van der Waals surface area contributed by atoms with E-state index in [9.17, 15) is 0 Å². The molecule has 0 spiro atoms. The van der Waals surface area contributed by atoms with Gasteiger partial charge in [0.05, 0.1) is 0 Å². The molecule has 3 heteroatoms. The molecule has 0 saturated carbocycles. The molecule has 0 aliphatic rings. The molecule has 88 valence electrons. The molecule has 0 atom stereocenters. The molecule has 4 rings (SSSR count). The molecule has 2 nitrogen and oxygen atoms in total. The third-order valence-electron chi connectivity index (χ3n) is 2.76. The fourth-order valence-corrected chi connectivity index (χ4v) is 1.85. The molecule has 19 heavy (non-hydrogen) atoms. The standard InChI is InChI=1S/2C8H6N.Zn/c2*1-2-4-8-7(3-1)5-6-9-8;/h2*1-4,6,9H;/q2*-1;+2. The Morgan fingerprint density at radius 1 is 0.632 bits per heavy atom. The number of fused-ring (bicyclic) bond motifs is 2. The van der Waals surface area contributed by atoms with Crippen LogP contribution in [0.3, 0.4) is 0 Å². The second-order valence-electron chi connectivity index (χ2n) is 3.96. The first-order valence-electron chi connectivity index (χ1n) is 5.81. The molecule has 2 heterocycles. The number of H-pyrrole nitrogens is 2. The Kier molecular flexibility index (Phi) is 4.54. The van der Waals surface area contributed by atoms with Crippen LogP contribution in [0.2, 0.25) is 0 Å². The van der Waals surface area contributed by atoms with Gasteiger partial charge in [-0.15, -0.1) is 12.1 Å². The molecule has 0 aliphatic carbocycles. The van der Waals surface area contributed by atoms with Crippen LogP contribution in [0.5, 0.6) is 0 Å². The van der Waals surface area contributed by atoms with E-state index in [0.717, 1.165) is 21.8 Å². The van der Waals surface area contributed by atoms with Crippen molar-refractivity contribution in [2.24, 2.45) is 0 Å². The van der Waals surface area contributed by atoms with Crippen LogP contribution in [-0.2, 0) is 19.5 Å². The molecule has 0 aliphatic heterocycles. The van der Waals surface area contributed by atoms with E-state index in [2.05, 4.69) is 22.1 Å². The normalized spacial score (nSPS) is 9.68. The van der Waals surface area contributed by atoms with Gasteiger partial charge in [0, 0.05) is 0 Å². The van der Waals surface area contributed by atoms with Gasteiger partial charge < -0.3 is 9.97 Å². The molecule has 0 saturated heterocycles. The van der Waals surface area contributed by atoms with E-state index in [4.69, 9.17) is 0 Å². The topological polar surface area (TPSA) is 31.6 Å². The first-order chi connectivity index (χ1) is 8.93. The van der Waals surface area contributed by atoms with Gasteiger partial charge in [-0.2, -0.15) is 35.0 Å². The maximum atomic E-state index is 3.06. The van der Waals surface area contributed by atoms with Crippen molar-refractivity contribution in [2.45, 2.75) is 0 Å². The van der Waals surface area contributed by atoms with Gasteiger partial charge in [-0.25, -0.2) is 0 Å². The Morgan fingerprint density at radius 3 is 1.47 bits per heavy atom. The summed E-state index contributed by atoms with van der Waals surface area (Å²) in [4.78, 5) is 6.13. The number of benzene rings is 2. The van der Waals surface area contributed by atoms with Crippen molar-refractivity contribution < 1.29 is 19.5 Å². The number of aromatic amines is 2. The maximum absolute atomic E-state index is 3.06. The summed E-state index contributed by atoms with van der Waals surface area (Å²) < 4.78 is 0. The Morgan fingerprint density at radius 2 is 1.05 bits per heavy atom.